The van der Waals surface area contributed by atoms with E-state index in [1.807, 2.05) is 38.1 Å². The summed E-state index contributed by atoms with van der Waals surface area (Å²) in [6.45, 7) is 12.7. The third-order valence-electron chi connectivity index (χ3n) is 10.9. The van der Waals surface area contributed by atoms with E-state index in [1.54, 1.807) is 37.3 Å². The van der Waals surface area contributed by atoms with Crippen molar-refractivity contribution in [2.45, 2.75) is 67.2 Å². The van der Waals surface area contributed by atoms with Crippen LogP contribution in [0.4, 0.5) is 17.1 Å². The smallest absolute Gasteiger partial charge is 0.373 e. The molecule has 0 amide bonds. The maximum Gasteiger partial charge on any atom is 0.373 e. The van der Waals surface area contributed by atoms with Crippen LogP contribution in [-0.2, 0) is 39.8 Å². The normalized spacial score (nSPS) is 11.6. The average Bonchev–Trinajstić information content (AvgIpc) is 4.03. The summed E-state index contributed by atoms with van der Waals surface area (Å²) in [6, 6.07) is 52.0. The Kier molecular flexibility index (Phi) is 29.4. The maximum absolute atomic E-state index is 11.4. The van der Waals surface area contributed by atoms with Crippen LogP contribution in [0.15, 0.2) is 169 Å². The van der Waals surface area contributed by atoms with Crippen LogP contribution in [0.2, 0.25) is 0 Å². The lowest BCUT2D eigenvalue weighted by Crippen LogP contribution is -2.29. The SMILES string of the molecule is C1CCOC1.CCC(C)=P(c1ccccc1)(c1ccccc1)c1ccccc1.CCOC(=O)/C(C)=C/c1ccc([N+](=O)[O-])cc1.CCOC(=O)C(C)Cc1ccc(N)cc1.O=C=O.O=Cc1ccc([N+](=O)[O-])cc1.[HH]. The Morgan fingerprint density at radius 1 is 0.676 bits per heavy atom. The lowest BCUT2D eigenvalue weighted by molar-refractivity contribution is -0.385. The van der Waals surface area contributed by atoms with Crippen molar-refractivity contribution < 1.29 is 49.5 Å². The highest BCUT2D eigenvalue weighted by Crippen LogP contribution is 2.46. The quantitative estimate of drug-likeness (QED) is 0.0204. The lowest BCUT2D eigenvalue weighted by Gasteiger charge is -2.31. The summed E-state index contributed by atoms with van der Waals surface area (Å²) >= 11 is 0. The minimum Gasteiger partial charge on any atom is -0.466 e. The van der Waals surface area contributed by atoms with E-state index in [0.29, 0.717) is 37.1 Å². The van der Waals surface area contributed by atoms with Crippen molar-refractivity contribution in [3.63, 3.8) is 0 Å². The minimum atomic E-state index is -1.73. The second kappa shape index (κ2) is 35.1. The number of hydrogen-bond acceptors (Lipinski definition) is 13. The molecule has 2 N–H and O–H groups in total. The van der Waals surface area contributed by atoms with Gasteiger partial charge in [0.2, 0.25) is 0 Å². The van der Waals surface area contributed by atoms with Crippen molar-refractivity contribution in [1.82, 2.24) is 0 Å². The summed E-state index contributed by atoms with van der Waals surface area (Å²) in [5.41, 5.74) is 9.06. The van der Waals surface area contributed by atoms with Gasteiger partial charge in [0.05, 0.1) is 29.0 Å². The first-order valence-corrected chi connectivity index (χ1v) is 25.7. The Bertz CT molecular complexity index is 2640. The van der Waals surface area contributed by atoms with Gasteiger partial charge in [-0.25, -0.2) is 4.79 Å². The molecule has 7 rings (SSSR count). The molecule has 1 aliphatic heterocycles. The zero-order valence-corrected chi connectivity index (χ0v) is 43.7. The van der Waals surface area contributed by atoms with E-state index >= 15 is 0 Å². The van der Waals surface area contributed by atoms with Crippen LogP contribution in [0.25, 0.3) is 6.08 Å². The number of carbonyl (C=O) groups excluding carboxylic acids is 5. The number of rotatable bonds is 14. The van der Waals surface area contributed by atoms with Gasteiger partial charge in [0.25, 0.3) is 11.4 Å². The minimum absolute atomic E-state index is 0. The van der Waals surface area contributed by atoms with E-state index in [2.05, 4.69) is 105 Å². The molecule has 1 atom stereocenters. The molecule has 16 heteroatoms. The van der Waals surface area contributed by atoms with Gasteiger partial charge in [-0.3, -0.25) is 29.8 Å². The molecule has 1 fully saturated rings. The molecule has 392 valence electrons. The van der Waals surface area contributed by atoms with Crippen molar-refractivity contribution in [3.05, 3.63) is 206 Å². The van der Waals surface area contributed by atoms with Crippen LogP contribution in [0.3, 0.4) is 0 Å². The molecule has 6 aromatic carbocycles. The second-order valence-corrected chi connectivity index (χ2v) is 19.8. The second-order valence-electron chi connectivity index (χ2n) is 16.1. The van der Waals surface area contributed by atoms with Crippen molar-refractivity contribution in [3.8, 4) is 0 Å². The van der Waals surface area contributed by atoms with Gasteiger partial charge in [-0.2, -0.15) is 9.59 Å². The number of benzene rings is 6. The molecular weight excluding hydrogens is 962 g/mol. The van der Waals surface area contributed by atoms with E-state index < -0.39 is 16.7 Å². The van der Waals surface area contributed by atoms with E-state index in [9.17, 15) is 34.6 Å². The van der Waals surface area contributed by atoms with Gasteiger partial charge in [0.1, 0.15) is 6.29 Å². The van der Waals surface area contributed by atoms with Crippen LogP contribution in [0, 0.1) is 26.1 Å². The molecule has 0 radical (unpaired) electrons. The standard InChI is InChI=1S/C22H23P.C12H13NO4.C12H17NO2.C7H5NO3.C4H8O.CO2.H2/c1-3-19(2)23(20-13-7-4-8-14-20,21-15-9-5-10-16-21)22-17-11-6-12-18-22;1-3-17-12(14)9(2)8-10-4-6-11(7-5-10)13(15)16;1-3-15-12(14)9(2)8-10-4-6-11(13)7-5-10;9-5-6-1-3-7(4-2-6)8(10)11;1-2-4-5-3-1;2-1-3;/h4-18H,3H2,1-2H3;4-8H,3H2,1-2H3;4-7,9H,3,8,13H2,1-2H3;1-5H;1-4H2;;1H/b;9-8+;;;;;. The monoisotopic (exact) mass is 1030 g/mol. The van der Waals surface area contributed by atoms with Gasteiger partial charge in [-0.1, -0.05) is 122 Å². The topological polar surface area (TPSA) is 225 Å². The van der Waals surface area contributed by atoms with Crippen molar-refractivity contribution in [2.24, 2.45) is 5.92 Å². The van der Waals surface area contributed by atoms with Crippen LogP contribution in [-0.4, -0.2) is 65.9 Å². The molecule has 15 nitrogen and oxygen atoms in total. The Labute approximate surface area is 435 Å². The molecule has 1 aliphatic rings. The van der Waals surface area contributed by atoms with E-state index in [4.69, 9.17) is 29.5 Å². The lowest BCUT2D eigenvalue weighted by atomic mass is 10.0. The highest BCUT2D eigenvalue weighted by Gasteiger charge is 2.27. The molecule has 0 bridgehead atoms. The highest BCUT2D eigenvalue weighted by atomic mass is 31.2. The molecule has 0 spiro atoms. The highest BCUT2D eigenvalue weighted by molar-refractivity contribution is 7.95. The average molecular weight is 1030 g/mol. The van der Waals surface area contributed by atoms with E-state index in [-0.39, 0.29) is 36.8 Å². The fourth-order valence-corrected chi connectivity index (χ4v) is 11.7. The molecular formula is C58H68N3O12P. The summed E-state index contributed by atoms with van der Waals surface area (Å²) in [4.78, 5) is 68.6. The van der Waals surface area contributed by atoms with Gasteiger partial charge in [-0.15, -0.1) is 0 Å². The number of nitrogen functional groups attached to an aromatic ring is 1. The number of nitrogens with zero attached hydrogens (tertiary/aromatic N) is 2. The van der Waals surface area contributed by atoms with Gasteiger partial charge in [0.15, 0.2) is 0 Å². The molecule has 0 aliphatic carbocycles. The van der Waals surface area contributed by atoms with Gasteiger partial charge >= 0.3 is 18.1 Å². The number of esters is 2. The van der Waals surface area contributed by atoms with Crippen LogP contribution in [0.1, 0.15) is 83.7 Å². The largest absolute Gasteiger partial charge is 0.466 e. The Hall–Kier alpha value is -8.09. The predicted molar refractivity (Wildman–Crippen MR) is 296 cm³/mol. The van der Waals surface area contributed by atoms with E-state index in [0.717, 1.165) is 36.4 Å². The summed E-state index contributed by atoms with van der Waals surface area (Å²) in [5, 5.41) is 26.5. The predicted octanol–water partition coefficient (Wildman–Crippen LogP) is 11.0. The van der Waals surface area contributed by atoms with Gasteiger partial charge in [0, 0.05) is 55.7 Å². The Morgan fingerprint density at radius 3 is 1.42 bits per heavy atom. The molecule has 0 aromatic heterocycles. The molecule has 0 saturated carbocycles. The number of nitrogens with two attached hydrogens (primary N) is 1. The van der Waals surface area contributed by atoms with E-state index in [1.165, 1.54) is 65.2 Å². The van der Waals surface area contributed by atoms with Gasteiger partial charge in [-0.05, 0) is 130 Å². The van der Waals surface area contributed by atoms with Crippen molar-refractivity contribution in [1.29, 1.82) is 0 Å². The number of hydrogen-bond donors (Lipinski definition) is 1. The zero-order chi connectivity index (χ0) is 54.7. The first-order chi connectivity index (χ1) is 35.6. The summed E-state index contributed by atoms with van der Waals surface area (Å²) < 4.78 is 14.7. The summed E-state index contributed by atoms with van der Waals surface area (Å²) in [5.74, 6) is -0.631. The Morgan fingerprint density at radius 2 is 1.08 bits per heavy atom. The van der Waals surface area contributed by atoms with Crippen LogP contribution >= 0.6 is 6.89 Å². The number of nitro benzene ring substituents is 2. The van der Waals surface area contributed by atoms with Crippen molar-refractivity contribution in [2.75, 3.05) is 32.2 Å². The maximum atomic E-state index is 11.4. The molecule has 1 unspecified atom stereocenters. The summed E-state index contributed by atoms with van der Waals surface area (Å²) in [7, 11) is 0. The third-order valence-corrected chi connectivity index (χ3v) is 15.6. The molecule has 6 aromatic rings. The molecule has 1 saturated heterocycles. The fraction of sp³-hybridized carbons (Fsp3) is 0.259. The fourth-order valence-electron chi connectivity index (χ4n) is 7.11. The number of carbonyl (C=O) groups is 3. The molecule has 74 heavy (non-hydrogen) atoms. The zero-order valence-electron chi connectivity index (χ0n) is 42.8. The Balaban J connectivity index is 0.000000486. The molecule has 1 heterocycles. The van der Waals surface area contributed by atoms with Crippen molar-refractivity contribution >= 4 is 75.6 Å². The number of non-ortho nitro benzene ring substituents is 2. The van der Waals surface area contributed by atoms with Gasteiger partial charge < -0.3 is 19.9 Å². The third kappa shape index (κ3) is 21.3. The van der Waals surface area contributed by atoms with Crippen LogP contribution < -0.4 is 21.6 Å². The number of nitro groups is 2. The first-order valence-electron chi connectivity index (χ1n) is 23.9. The first kappa shape index (κ1) is 62.0. The van der Waals surface area contributed by atoms with Crippen LogP contribution in [0.5, 0.6) is 0 Å². The summed E-state index contributed by atoms with van der Waals surface area (Å²) in [6.07, 6.45) is 6.86. The number of aldehydes is 1. The number of anilines is 1. The number of ether oxygens (including phenoxy) is 3.